The first-order valence-corrected chi connectivity index (χ1v) is 6.45. The van der Waals surface area contributed by atoms with Crippen LogP contribution in [0, 0.1) is 0 Å². The van der Waals surface area contributed by atoms with Crippen molar-refractivity contribution in [2.24, 2.45) is 0 Å². The number of nitrogens with zero attached hydrogens (tertiary/aromatic N) is 2. The molecule has 0 fully saturated rings. The van der Waals surface area contributed by atoms with E-state index >= 15 is 0 Å². The van der Waals surface area contributed by atoms with E-state index in [1.807, 2.05) is 36.4 Å². The van der Waals surface area contributed by atoms with Crippen LogP contribution >= 0.6 is 0 Å². The third kappa shape index (κ3) is 2.17. The Hall–Kier alpha value is -2.36. The molecule has 4 heteroatoms. The first-order chi connectivity index (χ1) is 9.28. The number of rotatable bonds is 3. The van der Waals surface area contributed by atoms with Crippen LogP contribution in [-0.2, 0) is 6.42 Å². The molecule has 1 N–H and O–H groups in total. The number of H-pyrrole nitrogens is 1. The molecule has 0 amide bonds. The molecule has 0 unspecified atom stereocenters. The molecule has 0 radical (unpaired) electrons. The Morgan fingerprint density at radius 2 is 2.00 bits per heavy atom. The van der Waals surface area contributed by atoms with Crippen LogP contribution in [0.5, 0.6) is 0 Å². The molecule has 0 aliphatic carbocycles. The van der Waals surface area contributed by atoms with Gasteiger partial charge in [-0.25, -0.2) is 9.50 Å². The minimum absolute atomic E-state index is 0.0596. The number of aryl methyl sites for hydroxylation is 1. The van der Waals surface area contributed by atoms with Crippen molar-refractivity contribution in [3.05, 3.63) is 58.5 Å². The third-order valence-electron chi connectivity index (χ3n) is 3.09. The van der Waals surface area contributed by atoms with Gasteiger partial charge < -0.3 is 0 Å². The third-order valence-corrected chi connectivity index (χ3v) is 3.09. The lowest BCUT2D eigenvalue weighted by Gasteiger charge is -1.97. The molecule has 0 aliphatic rings. The maximum atomic E-state index is 12.0. The first kappa shape index (κ1) is 11.7. The van der Waals surface area contributed by atoms with Crippen LogP contribution < -0.4 is 5.56 Å². The standard InChI is InChI=1S/C15H15N3O/c1-2-6-12-9-15(19)18-14(16-12)10-13(17-18)11-7-4-3-5-8-11/h3-5,7-10,17H,2,6H2,1H3. The van der Waals surface area contributed by atoms with Gasteiger partial charge in [0.15, 0.2) is 5.65 Å². The van der Waals surface area contributed by atoms with E-state index in [0.717, 1.165) is 29.8 Å². The molecule has 3 rings (SSSR count). The average Bonchev–Trinajstić information content (AvgIpc) is 2.85. The molecule has 0 atom stereocenters. The Kier molecular flexibility index (Phi) is 2.91. The van der Waals surface area contributed by atoms with E-state index in [0.29, 0.717) is 5.65 Å². The molecule has 4 nitrogen and oxygen atoms in total. The highest BCUT2D eigenvalue weighted by molar-refractivity contribution is 5.63. The van der Waals surface area contributed by atoms with Crippen molar-refractivity contribution in [1.29, 1.82) is 0 Å². The van der Waals surface area contributed by atoms with E-state index in [1.165, 1.54) is 4.52 Å². The smallest absolute Gasteiger partial charge is 0.272 e. The van der Waals surface area contributed by atoms with Crippen LogP contribution in [0.1, 0.15) is 19.0 Å². The van der Waals surface area contributed by atoms with Crippen molar-refractivity contribution in [2.75, 3.05) is 0 Å². The second kappa shape index (κ2) is 4.72. The maximum absolute atomic E-state index is 12.0. The summed E-state index contributed by atoms with van der Waals surface area (Å²) in [5, 5.41) is 3.09. The van der Waals surface area contributed by atoms with Crippen LogP contribution in [0.15, 0.2) is 47.3 Å². The number of fused-ring (bicyclic) bond motifs is 1. The molecular formula is C15H15N3O. The molecule has 2 aromatic heterocycles. The Bertz CT molecular complexity index is 756. The van der Waals surface area contributed by atoms with Gasteiger partial charge in [0.2, 0.25) is 0 Å². The summed E-state index contributed by atoms with van der Waals surface area (Å²) in [7, 11) is 0. The normalized spacial score (nSPS) is 11.0. The molecule has 3 aromatic rings. The number of benzene rings is 1. The summed E-state index contributed by atoms with van der Waals surface area (Å²) < 4.78 is 1.49. The Labute approximate surface area is 110 Å². The lowest BCUT2D eigenvalue weighted by molar-refractivity contribution is 0.841. The van der Waals surface area contributed by atoms with E-state index in [9.17, 15) is 4.79 Å². The molecule has 0 spiro atoms. The summed E-state index contributed by atoms with van der Waals surface area (Å²) >= 11 is 0. The lowest BCUT2D eigenvalue weighted by Crippen LogP contribution is -2.15. The second-order valence-corrected chi connectivity index (χ2v) is 4.57. The summed E-state index contributed by atoms with van der Waals surface area (Å²) in [6, 6.07) is 13.4. The summed E-state index contributed by atoms with van der Waals surface area (Å²) in [6.45, 7) is 2.08. The van der Waals surface area contributed by atoms with Gasteiger partial charge in [-0.05, 0) is 12.0 Å². The van der Waals surface area contributed by atoms with Gasteiger partial charge in [-0.1, -0.05) is 43.7 Å². The molecular weight excluding hydrogens is 238 g/mol. The fourth-order valence-corrected chi connectivity index (χ4v) is 2.19. The van der Waals surface area contributed by atoms with Crippen molar-refractivity contribution >= 4 is 5.65 Å². The summed E-state index contributed by atoms with van der Waals surface area (Å²) in [5.41, 5.74) is 3.42. The Morgan fingerprint density at radius 3 is 2.74 bits per heavy atom. The molecule has 96 valence electrons. The predicted molar refractivity (Wildman–Crippen MR) is 75.2 cm³/mol. The minimum Gasteiger partial charge on any atom is -0.289 e. The fourth-order valence-electron chi connectivity index (χ4n) is 2.19. The zero-order valence-electron chi connectivity index (χ0n) is 10.8. The van der Waals surface area contributed by atoms with Crippen molar-refractivity contribution in [1.82, 2.24) is 14.6 Å². The van der Waals surface area contributed by atoms with Gasteiger partial charge in [-0.2, -0.15) is 0 Å². The monoisotopic (exact) mass is 253 g/mol. The molecule has 1 aromatic carbocycles. The second-order valence-electron chi connectivity index (χ2n) is 4.57. The van der Waals surface area contributed by atoms with Crippen molar-refractivity contribution in [2.45, 2.75) is 19.8 Å². The van der Waals surface area contributed by atoms with Gasteiger partial charge in [0.25, 0.3) is 5.56 Å². The van der Waals surface area contributed by atoms with Gasteiger partial charge in [0.05, 0.1) is 5.69 Å². The van der Waals surface area contributed by atoms with Gasteiger partial charge >= 0.3 is 0 Å². The number of aromatic amines is 1. The fraction of sp³-hybridized carbons (Fsp3) is 0.200. The van der Waals surface area contributed by atoms with Crippen LogP contribution in [0.3, 0.4) is 0 Å². The maximum Gasteiger partial charge on any atom is 0.272 e. The Balaban J connectivity index is 2.16. The van der Waals surface area contributed by atoms with Gasteiger partial charge in [-0.15, -0.1) is 0 Å². The van der Waals surface area contributed by atoms with Crippen molar-refractivity contribution in [3.8, 4) is 11.3 Å². The van der Waals surface area contributed by atoms with Gasteiger partial charge in [0.1, 0.15) is 0 Å². The van der Waals surface area contributed by atoms with E-state index in [4.69, 9.17) is 0 Å². The van der Waals surface area contributed by atoms with E-state index in [-0.39, 0.29) is 5.56 Å². The van der Waals surface area contributed by atoms with E-state index < -0.39 is 0 Å². The highest BCUT2D eigenvalue weighted by Crippen LogP contribution is 2.17. The highest BCUT2D eigenvalue weighted by Gasteiger charge is 2.07. The van der Waals surface area contributed by atoms with Crippen molar-refractivity contribution < 1.29 is 0 Å². The van der Waals surface area contributed by atoms with Crippen molar-refractivity contribution in [3.63, 3.8) is 0 Å². The zero-order chi connectivity index (χ0) is 13.2. The van der Waals surface area contributed by atoms with Crippen LogP contribution in [0.25, 0.3) is 16.9 Å². The quantitative estimate of drug-likeness (QED) is 0.780. The summed E-state index contributed by atoms with van der Waals surface area (Å²) in [5.74, 6) is 0. The average molecular weight is 253 g/mol. The predicted octanol–water partition coefficient (Wildman–Crippen LogP) is 2.64. The molecule has 19 heavy (non-hydrogen) atoms. The van der Waals surface area contributed by atoms with E-state index in [1.54, 1.807) is 6.07 Å². The molecule has 2 heterocycles. The molecule has 0 saturated heterocycles. The largest absolute Gasteiger partial charge is 0.289 e. The zero-order valence-corrected chi connectivity index (χ0v) is 10.8. The number of hydrogen-bond donors (Lipinski definition) is 1. The topological polar surface area (TPSA) is 50.2 Å². The number of hydrogen-bond acceptors (Lipinski definition) is 2. The summed E-state index contributed by atoms with van der Waals surface area (Å²) in [6.07, 6.45) is 1.82. The minimum atomic E-state index is -0.0596. The van der Waals surface area contributed by atoms with Crippen LogP contribution in [0.4, 0.5) is 0 Å². The SMILES string of the molecule is CCCc1cc(=O)n2[nH]c(-c3ccccc3)cc2n1. The number of aromatic nitrogens is 3. The molecule has 0 saturated carbocycles. The van der Waals surface area contributed by atoms with Crippen LogP contribution in [0.2, 0.25) is 0 Å². The lowest BCUT2D eigenvalue weighted by atomic mass is 10.2. The number of nitrogens with one attached hydrogen (secondary N) is 1. The first-order valence-electron chi connectivity index (χ1n) is 6.45. The van der Waals surface area contributed by atoms with Gasteiger partial charge in [0, 0.05) is 17.8 Å². The summed E-state index contributed by atoms with van der Waals surface area (Å²) in [4.78, 5) is 16.5. The van der Waals surface area contributed by atoms with Gasteiger partial charge in [-0.3, -0.25) is 9.89 Å². The molecule has 0 aliphatic heterocycles. The Morgan fingerprint density at radius 1 is 1.21 bits per heavy atom. The highest BCUT2D eigenvalue weighted by atomic mass is 16.1. The molecule has 0 bridgehead atoms. The van der Waals surface area contributed by atoms with Crippen LogP contribution in [-0.4, -0.2) is 14.6 Å². The van der Waals surface area contributed by atoms with E-state index in [2.05, 4.69) is 17.0 Å².